The molecule has 3 N–H and O–H groups in total. The number of nitrogens with two attached hydrogens (primary N) is 1. The van der Waals surface area contributed by atoms with E-state index in [0.717, 1.165) is 0 Å². The number of anilines is 2. The van der Waals surface area contributed by atoms with Crippen LogP contribution in [0.25, 0.3) is 0 Å². The number of carbonyl (C=O) groups is 1. The van der Waals surface area contributed by atoms with Crippen molar-refractivity contribution in [2.75, 3.05) is 11.1 Å². The third-order valence-corrected chi connectivity index (χ3v) is 2.75. The molecular weight excluding hydrogens is 278 g/mol. The van der Waals surface area contributed by atoms with Crippen LogP contribution in [-0.4, -0.2) is 17.0 Å². The fourth-order valence-corrected chi connectivity index (χ4v) is 1.69. The van der Waals surface area contributed by atoms with Crippen LogP contribution in [0.1, 0.15) is 6.92 Å². The molecule has 1 amide bonds. The van der Waals surface area contributed by atoms with Crippen LogP contribution in [0.5, 0.6) is 5.75 Å². The average molecular weight is 292 g/mol. The SMILES string of the molecule is CC(Oc1cncc(Cl)c1)C(=O)Nc1ccc(N)cc1. The third-order valence-electron chi connectivity index (χ3n) is 2.54. The monoisotopic (exact) mass is 291 g/mol. The molecule has 1 aromatic carbocycles. The number of ether oxygens (including phenoxy) is 1. The molecule has 0 saturated carbocycles. The van der Waals surface area contributed by atoms with E-state index in [1.54, 1.807) is 37.3 Å². The first-order valence-corrected chi connectivity index (χ1v) is 6.36. The van der Waals surface area contributed by atoms with E-state index in [4.69, 9.17) is 22.1 Å². The van der Waals surface area contributed by atoms with E-state index >= 15 is 0 Å². The number of nitrogens with one attached hydrogen (secondary N) is 1. The van der Waals surface area contributed by atoms with Crippen molar-refractivity contribution in [3.63, 3.8) is 0 Å². The molecule has 104 valence electrons. The van der Waals surface area contributed by atoms with Gasteiger partial charge in [-0.1, -0.05) is 11.6 Å². The molecule has 1 unspecified atom stereocenters. The predicted octanol–water partition coefficient (Wildman–Crippen LogP) is 2.72. The molecule has 5 nitrogen and oxygen atoms in total. The zero-order chi connectivity index (χ0) is 14.5. The van der Waals surface area contributed by atoms with Gasteiger partial charge in [-0.2, -0.15) is 0 Å². The maximum absolute atomic E-state index is 12.0. The zero-order valence-corrected chi connectivity index (χ0v) is 11.6. The Labute approximate surface area is 121 Å². The fraction of sp³-hybridized carbons (Fsp3) is 0.143. The van der Waals surface area contributed by atoms with Gasteiger partial charge in [0.15, 0.2) is 6.10 Å². The summed E-state index contributed by atoms with van der Waals surface area (Å²) >= 11 is 5.80. The molecule has 0 fully saturated rings. The first-order chi connectivity index (χ1) is 9.54. The van der Waals surface area contributed by atoms with Gasteiger partial charge in [-0.15, -0.1) is 0 Å². The van der Waals surface area contributed by atoms with Gasteiger partial charge >= 0.3 is 0 Å². The van der Waals surface area contributed by atoms with Gasteiger partial charge < -0.3 is 15.8 Å². The van der Waals surface area contributed by atoms with Crippen molar-refractivity contribution in [1.29, 1.82) is 0 Å². The lowest BCUT2D eigenvalue weighted by Gasteiger charge is -2.14. The van der Waals surface area contributed by atoms with Crippen LogP contribution in [0.2, 0.25) is 5.02 Å². The van der Waals surface area contributed by atoms with Crippen LogP contribution in [0.4, 0.5) is 11.4 Å². The van der Waals surface area contributed by atoms with Crippen molar-refractivity contribution in [3.05, 3.63) is 47.7 Å². The molecule has 2 aromatic rings. The number of hydrogen-bond donors (Lipinski definition) is 2. The van der Waals surface area contributed by atoms with Crippen molar-refractivity contribution >= 4 is 28.9 Å². The fourth-order valence-electron chi connectivity index (χ4n) is 1.52. The molecule has 1 atom stereocenters. The van der Waals surface area contributed by atoms with Crippen LogP contribution in [-0.2, 0) is 4.79 Å². The van der Waals surface area contributed by atoms with Crippen molar-refractivity contribution in [2.24, 2.45) is 0 Å². The molecule has 1 aromatic heterocycles. The normalized spacial score (nSPS) is 11.7. The minimum Gasteiger partial charge on any atom is -0.479 e. The molecular formula is C14H14ClN3O2. The smallest absolute Gasteiger partial charge is 0.265 e. The van der Waals surface area contributed by atoms with Gasteiger partial charge in [0.25, 0.3) is 5.91 Å². The Morgan fingerprint density at radius 1 is 1.35 bits per heavy atom. The Morgan fingerprint density at radius 2 is 2.05 bits per heavy atom. The summed E-state index contributed by atoms with van der Waals surface area (Å²) in [5.41, 5.74) is 6.87. The van der Waals surface area contributed by atoms with Crippen molar-refractivity contribution in [3.8, 4) is 5.75 Å². The second-order valence-corrected chi connectivity index (χ2v) is 4.65. The number of benzene rings is 1. The standard InChI is InChI=1S/C14H14ClN3O2/c1-9(20-13-6-10(15)7-17-8-13)14(19)18-12-4-2-11(16)3-5-12/h2-9H,16H2,1H3,(H,18,19). The van der Waals surface area contributed by atoms with Crippen molar-refractivity contribution < 1.29 is 9.53 Å². The largest absolute Gasteiger partial charge is 0.479 e. The highest BCUT2D eigenvalue weighted by Gasteiger charge is 2.15. The van der Waals surface area contributed by atoms with Gasteiger partial charge in [0, 0.05) is 23.6 Å². The molecule has 20 heavy (non-hydrogen) atoms. The number of aromatic nitrogens is 1. The summed E-state index contributed by atoms with van der Waals surface area (Å²) in [5.74, 6) is 0.173. The number of amides is 1. The Hall–Kier alpha value is -2.27. The second kappa shape index (κ2) is 6.25. The minimum absolute atomic E-state index is 0.269. The molecule has 2 rings (SSSR count). The highest BCUT2D eigenvalue weighted by atomic mass is 35.5. The van der Waals surface area contributed by atoms with Gasteiger partial charge in [-0.3, -0.25) is 9.78 Å². The summed E-state index contributed by atoms with van der Waals surface area (Å²) in [5, 5.41) is 3.18. The van der Waals surface area contributed by atoms with E-state index in [1.807, 2.05) is 0 Å². The molecule has 0 aliphatic rings. The number of halogens is 1. The van der Waals surface area contributed by atoms with E-state index in [9.17, 15) is 4.79 Å². The minimum atomic E-state index is -0.673. The molecule has 0 saturated heterocycles. The van der Waals surface area contributed by atoms with Crippen LogP contribution in [0, 0.1) is 0 Å². The van der Waals surface area contributed by atoms with Crippen LogP contribution in [0.15, 0.2) is 42.7 Å². The molecule has 0 radical (unpaired) electrons. The van der Waals surface area contributed by atoms with Gasteiger partial charge in [0.2, 0.25) is 0 Å². The molecule has 0 spiro atoms. The van der Waals surface area contributed by atoms with Crippen molar-refractivity contribution in [1.82, 2.24) is 4.98 Å². The zero-order valence-electron chi connectivity index (χ0n) is 10.8. The summed E-state index contributed by atoms with van der Waals surface area (Å²) in [6, 6.07) is 8.47. The Bertz CT molecular complexity index is 602. The van der Waals surface area contributed by atoms with Crippen molar-refractivity contribution in [2.45, 2.75) is 13.0 Å². The lowest BCUT2D eigenvalue weighted by molar-refractivity contribution is -0.122. The maximum atomic E-state index is 12.0. The lowest BCUT2D eigenvalue weighted by atomic mass is 10.2. The summed E-state index contributed by atoms with van der Waals surface area (Å²) < 4.78 is 5.47. The molecule has 0 aliphatic carbocycles. The maximum Gasteiger partial charge on any atom is 0.265 e. The number of nitrogen functional groups attached to an aromatic ring is 1. The molecule has 0 bridgehead atoms. The van der Waals surface area contributed by atoms with E-state index in [2.05, 4.69) is 10.3 Å². The molecule has 1 heterocycles. The number of pyridine rings is 1. The first kappa shape index (κ1) is 14.1. The van der Waals surface area contributed by atoms with Crippen LogP contribution < -0.4 is 15.8 Å². The summed E-state index contributed by atoms with van der Waals surface area (Å²) in [4.78, 5) is 15.9. The van der Waals surface area contributed by atoms with E-state index in [0.29, 0.717) is 22.1 Å². The van der Waals surface area contributed by atoms with Crippen LogP contribution in [0.3, 0.4) is 0 Å². The average Bonchev–Trinajstić information content (AvgIpc) is 2.41. The van der Waals surface area contributed by atoms with Crippen LogP contribution >= 0.6 is 11.6 Å². The second-order valence-electron chi connectivity index (χ2n) is 4.21. The van der Waals surface area contributed by atoms with Gasteiger partial charge in [-0.25, -0.2) is 0 Å². The highest BCUT2D eigenvalue weighted by molar-refractivity contribution is 6.30. The number of nitrogens with zero attached hydrogens (tertiary/aromatic N) is 1. The van der Waals surface area contributed by atoms with Gasteiger partial charge in [-0.05, 0) is 31.2 Å². The summed E-state index contributed by atoms with van der Waals surface area (Å²) in [7, 11) is 0. The number of rotatable bonds is 4. The third kappa shape index (κ3) is 3.86. The first-order valence-electron chi connectivity index (χ1n) is 5.98. The number of hydrogen-bond acceptors (Lipinski definition) is 4. The Morgan fingerprint density at radius 3 is 2.70 bits per heavy atom. The van der Waals surface area contributed by atoms with E-state index in [1.165, 1.54) is 12.4 Å². The summed E-state index contributed by atoms with van der Waals surface area (Å²) in [6.07, 6.45) is 2.32. The van der Waals surface area contributed by atoms with E-state index < -0.39 is 6.10 Å². The van der Waals surface area contributed by atoms with E-state index in [-0.39, 0.29) is 5.91 Å². The van der Waals surface area contributed by atoms with Gasteiger partial charge in [0.1, 0.15) is 5.75 Å². The number of carbonyl (C=O) groups excluding carboxylic acids is 1. The lowest BCUT2D eigenvalue weighted by Crippen LogP contribution is -2.30. The predicted molar refractivity (Wildman–Crippen MR) is 78.8 cm³/mol. The Balaban J connectivity index is 1.96. The molecule has 6 heteroatoms. The highest BCUT2D eigenvalue weighted by Crippen LogP contribution is 2.17. The van der Waals surface area contributed by atoms with Gasteiger partial charge in [0.05, 0.1) is 11.2 Å². The Kier molecular flexibility index (Phi) is 4.42. The topological polar surface area (TPSA) is 77.2 Å². The summed E-state index contributed by atoms with van der Waals surface area (Å²) in [6.45, 7) is 1.65. The quantitative estimate of drug-likeness (QED) is 0.849. The molecule has 0 aliphatic heterocycles.